The van der Waals surface area contributed by atoms with Gasteiger partial charge in [0.05, 0.1) is 5.56 Å². The van der Waals surface area contributed by atoms with Gasteiger partial charge in [0.15, 0.2) is 0 Å². The summed E-state index contributed by atoms with van der Waals surface area (Å²) in [5.41, 5.74) is 3.42. The maximum atomic E-state index is 8.79. The van der Waals surface area contributed by atoms with Gasteiger partial charge in [0, 0.05) is 22.8 Å². The molecular weight excluding hydrogens is 252 g/mol. The van der Waals surface area contributed by atoms with E-state index in [1.165, 1.54) is 16.0 Å². The Morgan fingerprint density at radius 1 is 1.32 bits per heavy atom. The minimum absolute atomic E-state index is 0.318. The number of benzene rings is 1. The molecule has 0 spiro atoms. The first-order chi connectivity index (χ1) is 9.22. The highest BCUT2D eigenvalue weighted by molar-refractivity contribution is 7.10. The summed E-state index contributed by atoms with van der Waals surface area (Å²) in [6.45, 7) is 5.14. The number of rotatable bonds is 5. The lowest BCUT2D eigenvalue weighted by Crippen LogP contribution is -2.17. The molecular formula is C16H18N2S. The molecule has 1 unspecified atom stereocenters. The van der Waals surface area contributed by atoms with Crippen molar-refractivity contribution in [2.75, 3.05) is 0 Å². The summed E-state index contributed by atoms with van der Waals surface area (Å²) in [5, 5.41) is 14.2. The van der Waals surface area contributed by atoms with Crippen LogP contribution in [0.25, 0.3) is 0 Å². The van der Waals surface area contributed by atoms with Gasteiger partial charge in [-0.1, -0.05) is 31.2 Å². The number of hydrogen-bond donors (Lipinski definition) is 1. The van der Waals surface area contributed by atoms with Crippen LogP contribution < -0.4 is 5.32 Å². The van der Waals surface area contributed by atoms with E-state index in [0.29, 0.717) is 6.04 Å². The first-order valence-electron chi connectivity index (χ1n) is 6.52. The second kappa shape index (κ2) is 6.51. The molecule has 0 radical (unpaired) electrons. The number of aryl methyl sites for hydroxylation is 1. The zero-order valence-corrected chi connectivity index (χ0v) is 12.1. The highest BCUT2D eigenvalue weighted by atomic mass is 32.1. The first-order valence-corrected chi connectivity index (χ1v) is 7.40. The third-order valence-electron chi connectivity index (χ3n) is 3.25. The van der Waals surface area contributed by atoms with Crippen LogP contribution >= 0.6 is 11.3 Å². The molecule has 2 rings (SSSR count). The smallest absolute Gasteiger partial charge is 0.100 e. The largest absolute Gasteiger partial charge is 0.305 e. The van der Waals surface area contributed by atoms with Crippen LogP contribution in [0.1, 0.15) is 41.5 Å². The van der Waals surface area contributed by atoms with Crippen LogP contribution in [0.3, 0.4) is 0 Å². The number of hydrogen-bond acceptors (Lipinski definition) is 3. The first kappa shape index (κ1) is 13.8. The van der Waals surface area contributed by atoms with E-state index in [0.717, 1.165) is 18.5 Å². The Labute approximate surface area is 118 Å². The molecule has 1 N–H and O–H groups in total. The minimum Gasteiger partial charge on any atom is -0.305 e. The quantitative estimate of drug-likeness (QED) is 0.890. The van der Waals surface area contributed by atoms with Crippen LogP contribution in [0.5, 0.6) is 0 Å². The van der Waals surface area contributed by atoms with Gasteiger partial charge in [0.2, 0.25) is 0 Å². The summed E-state index contributed by atoms with van der Waals surface area (Å²) in [6.07, 6.45) is 1.08. The average Bonchev–Trinajstić information content (AvgIpc) is 2.93. The summed E-state index contributed by atoms with van der Waals surface area (Å²) < 4.78 is 0. The van der Waals surface area contributed by atoms with E-state index in [-0.39, 0.29) is 0 Å². The van der Waals surface area contributed by atoms with Crippen molar-refractivity contribution >= 4 is 11.3 Å². The van der Waals surface area contributed by atoms with Gasteiger partial charge in [-0.05, 0) is 30.5 Å². The molecule has 0 amide bonds. The fourth-order valence-electron chi connectivity index (χ4n) is 1.95. The Bertz CT molecular complexity index is 563. The average molecular weight is 270 g/mol. The summed E-state index contributed by atoms with van der Waals surface area (Å²) in [4.78, 5) is 1.20. The van der Waals surface area contributed by atoms with Crippen molar-refractivity contribution < 1.29 is 0 Å². The van der Waals surface area contributed by atoms with Crippen LogP contribution in [-0.2, 0) is 13.0 Å². The van der Waals surface area contributed by atoms with Gasteiger partial charge in [0.1, 0.15) is 6.07 Å². The van der Waals surface area contributed by atoms with Crippen molar-refractivity contribution in [2.45, 2.75) is 32.9 Å². The molecule has 98 valence electrons. The molecule has 0 aliphatic rings. The molecule has 19 heavy (non-hydrogen) atoms. The molecule has 0 saturated carbocycles. The standard InChI is InChI=1S/C16H18N2S/c1-3-13-4-6-15(7-5-13)12(2)18-10-16-8-14(9-17)11-19-16/h4-8,11-12,18H,3,10H2,1-2H3. The van der Waals surface area contributed by atoms with Gasteiger partial charge >= 0.3 is 0 Å². The molecule has 1 aromatic carbocycles. The SMILES string of the molecule is CCc1ccc(C(C)NCc2cc(C#N)cs2)cc1. The molecule has 0 fully saturated rings. The van der Waals surface area contributed by atoms with Crippen molar-refractivity contribution in [3.8, 4) is 6.07 Å². The molecule has 2 nitrogen and oxygen atoms in total. The number of nitrogens with zero attached hydrogens (tertiary/aromatic N) is 1. The van der Waals surface area contributed by atoms with Crippen LogP contribution in [0.2, 0.25) is 0 Å². The Morgan fingerprint density at radius 3 is 2.63 bits per heavy atom. The van der Waals surface area contributed by atoms with Crippen molar-refractivity contribution in [3.63, 3.8) is 0 Å². The Kier molecular flexibility index (Phi) is 4.73. The second-order valence-corrected chi connectivity index (χ2v) is 5.61. The molecule has 0 bridgehead atoms. The molecule has 1 aromatic heterocycles. The third-order valence-corrected chi connectivity index (χ3v) is 4.19. The van der Waals surface area contributed by atoms with Gasteiger partial charge in [-0.2, -0.15) is 5.26 Å². The van der Waals surface area contributed by atoms with Crippen LogP contribution in [0.4, 0.5) is 0 Å². The molecule has 0 saturated heterocycles. The zero-order chi connectivity index (χ0) is 13.7. The highest BCUT2D eigenvalue weighted by Gasteiger charge is 2.06. The lowest BCUT2D eigenvalue weighted by Gasteiger charge is -2.14. The number of thiophene rings is 1. The zero-order valence-electron chi connectivity index (χ0n) is 11.3. The van der Waals surface area contributed by atoms with E-state index in [1.54, 1.807) is 11.3 Å². The molecule has 3 heteroatoms. The normalized spacial score (nSPS) is 12.1. The van der Waals surface area contributed by atoms with E-state index >= 15 is 0 Å². The minimum atomic E-state index is 0.318. The topological polar surface area (TPSA) is 35.8 Å². The lowest BCUT2D eigenvalue weighted by molar-refractivity contribution is 0.578. The highest BCUT2D eigenvalue weighted by Crippen LogP contribution is 2.17. The maximum absolute atomic E-state index is 8.79. The fourth-order valence-corrected chi connectivity index (χ4v) is 2.71. The summed E-state index contributed by atoms with van der Waals surface area (Å²) in [6, 6.07) is 13.2. The molecule has 0 aliphatic heterocycles. The Morgan fingerprint density at radius 2 is 2.05 bits per heavy atom. The second-order valence-electron chi connectivity index (χ2n) is 4.61. The van der Waals surface area contributed by atoms with Gasteiger partial charge in [-0.3, -0.25) is 0 Å². The van der Waals surface area contributed by atoms with E-state index in [9.17, 15) is 0 Å². The van der Waals surface area contributed by atoms with Crippen LogP contribution in [0.15, 0.2) is 35.7 Å². The summed E-state index contributed by atoms with van der Waals surface area (Å²) in [5.74, 6) is 0. The Balaban J connectivity index is 1.93. The summed E-state index contributed by atoms with van der Waals surface area (Å²) in [7, 11) is 0. The molecule has 1 heterocycles. The number of nitrogens with one attached hydrogen (secondary N) is 1. The monoisotopic (exact) mass is 270 g/mol. The molecule has 0 aliphatic carbocycles. The van der Waals surface area contributed by atoms with E-state index in [1.807, 2.05) is 11.4 Å². The lowest BCUT2D eigenvalue weighted by atomic mass is 10.1. The Hall–Kier alpha value is -1.63. The van der Waals surface area contributed by atoms with E-state index in [4.69, 9.17) is 5.26 Å². The van der Waals surface area contributed by atoms with E-state index < -0.39 is 0 Å². The van der Waals surface area contributed by atoms with Gasteiger partial charge in [-0.15, -0.1) is 11.3 Å². The fraction of sp³-hybridized carbons (Fsp3) is 0.312. The molecule has 2 aromatic rings. The number of nitriles is 1. The van der Waals surface area contributed by atoms with Crippen molar-refractivity contribution in [1.82, 2.24) is 5.32 Å². The summed E-state index contributed by atoms with van der Waals surface area (Å²) >= 11 is 1.63. The van der Waals surface area contributed by atoms with Gasteiger partial charge < -0.3 is 5.32 Å². The third kappa shape index (κ3) is 3.66. The predicted molar refractivity (Wildman–Crippen MR) is 80.1 cm³/mol. The van der Waals surface area contributed by atoms with Crippen LogP contribution in [0, 0.1) is 11.3 Å². The van der Waals surface area contributed by atoms with Crippen molar-refractivity contribution in [2.24, 2.45) is 0 Å². The van der Waals surface area contributed by atoms with Crippen LogP contribution in [-0.4, -0.2) is 0 Å². The van der Waals surface area contributed by atoms with Crippen molar-refractivity contribution in [1.29, 1.82) is 5.26 Å². The predicted octanol–water partition coefficient (Wildman–Crippen LogP) is 4.03. The van der Waals surface area contributed by atoms with E-state index in [2.05, 4.69) is 49.5 Å². The van der Waals surface area contributed by atoms with Gasteiger partial charge in [-0.25, -0.2) is 0 Å². The molecule has 1 atom stereocenters. The van der Waals surface area contributed by atoms with Gasteiger partial charge in [0.25, 0.3) is 0 Å². The maximum Gasteiger partial charge on any atom is 0.100 e. The van der Waals surface area contributed by atoms with Crippen molar-refractivity contribution in [3.05, 3.63) is 57.3 Å².